The summed E-state index contributed by atoms with van der Waals surface area (Å²) in [6, 6.07) is -0.592. The van der Waals surface area contributed by atoms with Gasteiger partial charge in [0.05, 0.1) is 20.3 Å². The van der Waals surface area contributed by atoms with Crippen LogP contribution in [0.1, 0.15) is 13.8 Å². The fraction of sp³-hybridized carbons (Fsp3) is 0.562. The van der Waals surface area contributed by atoms with Crippen LogP contribution in [0.2, 0.25) is 0 Å². The van der Waals surface area contributed by atoms with E-state index in [4.69, 9.17) is 9.47 Å². The molecular weight excluding hydrogens is 328 g/mol. The lowest BCUT2D eigenvalue weighted by Gasteiger charge is -2.29. The van der Waals surface area contributed by atoms with E-state index >= 15 is 0 Å². The molecule has 136 valence electrons. The van der Waals surface area contributed by atoms with E-state index in [1.807, 2.05) is 6.92 Å². The number of methoxy groups -OCH3 is 1. The van der Waals surface area contributed by atoms with Gasteiger partial charge in [-0.05, 0) is 13.8 Å². The predicted octanol–water partition coefficient (Wildman–Crippen LogP) is -0.237. The fourth-order valence-electron chi connectivity index (χ4n) is 2.67. The van der Waals surface area contributed by atoms with Gasteiger partial charge in [-0.2, -0.15) is 9.48 Å². The zero-order valence-corrected chi connectivity index (χ0v) is 14.9. The monoisotopic (exact) mass is 351 g/mol. The molecule has 0 aromatic rings. The number of hydrogen-bond acceptors (Lipinski definition) is 6. The highest BCUT2D eigenvalue weighted by Crippen LogP contribution is 2.27. The van der Waals surface area contributed by atoms with Gasteiger partial charge in [0.25, 0.3) is 11.7 Å². The summed E-state index contributed by atoms with van der Waals surface area (Å²) in [6.07, 6.45) is 1.57. The predicted molar refractivity (Wildman–Crippen MR) is 89.5 cm³/mol. The molecule has 2 aliphatic rings. The molecule has 2 aliphatic heterocycles. The molecule has 0 aliphatic carbocycles. The van der Waals surface area contributed by atoms with Crippen molar-refractivity contribution in [2.75, 3.05) is 40.5 Å². The fourth-order valence-corrected chi connectivity index (χ4v) is 2.67. The van der Waals surface area contributed by atoms with Gasteiger partial charge >= 0.3 is 11.9 Å². The van der Waals surface area contributed by atoms with E-state index in [2.05, 4.69) is 10.3 Å². The molecule has 0 spiro atoms. The normalized spacial score (nSPS) is 20.2. The maximum Gasteiger partial charge on any atom is 0.446 e. The van der Waals surface area contributed by atoms with Crippen LogP contribution in [0.15, 0.2) is 16.3 Å². The van der Waals surface area contributed by atoms with Crippen LogP contribution in [-0.4, -0.2) is 79.8 Å². The number of amidine groups is 1. The van der Waals surface area contributed by atoms with Crippen molar-refractivity contribution in [3.8, 4) is 0 Å². The molecule has 0 bridgehead atoms. The Morgan fingerprint density at radius 1 is 1.44 bits per heavy atom. The molecule has 0 saturated heterocycles. The zero-order valence-electron chi connectivity index (χ0n) is 14.9. The number of allylic oxidation sites excluding steroid dienone is 1. The summed E-state index contributed by atoms with van der Waals surface area (Å²) in [4.78, 5) is 42.5. The summed E-state index contributed by atoms with van der Waals surface area (Å²) in [5.41, 5.74) is 0.719. The highest BCUT2D eigenvalue weighted by atomic mass is 16.5. The highest BCUT2D eigenvalue weighted by molar-refractivity contribution is 6.16. The summed E-state index contributed by atoms with van der Waals surface area (Å²) in [5.74, 6) is -1.01. The number of aliphatic imine (C=N–C) groups is 1. The van der Waals surface area contributed by atoms with Gasteiger partial charge in [-0.15, -0.1) is 4.99 Å². The highest BCUT2D eigenvalue weighted by Gasteiger charge is 2.50. The number of urea groups is 1. The van der Waals surface area contributed by atoms with Gasteiger partial charge in [0.15, 0.2) is 12.5 Å². The van der Waals surface area contributed by atoms with Crippen molar-refractivity contribution in [1.82, 2.24) is 10.2 Å². The zero-order chi connectivity index (χ0) is 18.6. The minimum atomic E-state index is -0.820. The first-order valence-corrected chi connectivity index (χ1v) is 8.01. The number of hydrogen-bond donors (Lipinski definition) is 1. The second kappa shape index (κ2) is 8.02. The van der Waals surface area contributed by atoms with Gasteiger partial charge < -0.3 is 14.8 Å². The number of dihydropyridines is 1. The molecule has 25 heavy (non-hydrogen) atoms. The minimum absolute atomic E-state index is 0.301. The molecule has 0 fully saturated rings. The molecule has 4 amide bonds. The van der Waals surface area contributed by atoms with Crippen LogP contribution in [0.25, 0.3) is 0 Å². The molecule has 2 rings (SSSR count). The molecule has 9 nitrogen and oxygen atoms in total. The first kappa shape index (κ1) is 18.8. The second-order valence-electron chi connectivity index (χ2n) is 5.64. The Balaban J connectivity index is 2.27. The van der Waals surface area contributed by atoms with Gasteiger partial charge in [0.2, 0.25) is 0 Å². The first-order valence-electron chi connectivity index (χ1n) is 8.01. The lowest BCUT2D eigenvalue weighted by atomic mass is 9.96. The van der Waals surface area contributed by atoms with Gasteiger partial charge in [-0.3, -0.25) is 9.59 Å². The van der Waals surface area contributed by atoms with Crippen molar-refractivity contribution < 1.29 is 28.4 Å². The van der Waals surface area contributed by atoms with E-state index in [0.29, 0.717) is 31.4 Å². The van der Waals surface area contributed by atoms with Gasteiger partial charge in [0, 0.05) is 19.2 Å². The van der Waals surface area contributed by atoms with Crippen molar-refractivity contribution in [2.24, 2.45) is 10.9 Å². The number of carbonyl (C=O) groups is 3. The van der Waals surface area contributed by atoms with Crippen LogP contribution in [0.4, 0.5) is 4.79 Å². The van der Waals surface area contributed by atoms with Crippen LogP contribution < -0.4 is 5.32 Å². The van der Waals surface area contributed by atoms with Crippen molar-refractivity contribution in [1.29, 1.82) is 0 Å². The summed E-state index contributed by atoms with van der Waals surface area (Å²) in [6.45, 7) is 4.27. The van der Waals surface area contributed by atoms with Crippen LogP contribution in [0.5, 0.6) is 0 Å². The Hall–Kier alpha value is -2.55. The summed E-state index contributed by atoms with van der Waals surface area (Å²) < 4.78 is 11.7. The molecule has 1 N–H and O–H groups in total. The van der Waals surface area contributed by atoms with E-state index < -0.39 is 23.8 Å². The van der Waals surface area contributed by atoms with Crippen LogP contribution in [-0.2, 0) is 19.1 Å². The largest absolute Gasteiger partial charge is 0.496 e. The van der Waals surface area contributed by atoms with E-state index in [9.17, 15) is 14.4 Å². The Bertz CT molecular complexity index is 680. The molecule has 2 heterocycles. The average molecular weight is 351 g/mol. The molecule has 1 unspecified atom stereocenters. The topological polar surface area (TPSA) is 100 Å². The Morgan fingerprint density at radius 2 is 2.16 bits per heavy atom. The molecule has 0 radical (unpaired) electrons. The summed E-state index contributed by atoms with van der Waals surface area (Å²) >= 11 is 0. The van der Waals surface area contributed by atoms with Crippen molar-refractivity contribution in [2.45, 2.75) is 13.8 Å². The maximum absolute atomic E-state index is 12.9. The number of carbonyl (C=O) groups excluding carboxylic acids is 3. The third-order valence-corrected chi connectivity index (χ3v) is 3.90. The van der Waals surface area contributed by atoms with Crippen molar-refractivity contribution in [3.63, 3.8) is 0 Å². The van der Waals surface area contributed by atoms with Crippen LogP contribution >= 0.6 is 0 Å². The maximum atomic E-state index is 12.9. The standard InChI is InChI=1S/C16H22N4O5/c1-5-25-13-10(2)8-18-14-12(13)15(22)20(16(23)19(14)3)9-11(21)17-6-7-24-4/h8,12H,5-7,9H2,1-4H3/p+1. The third-order valence-electron chi connectivity index (χ3n) is 3.90. The van der Waals surface area contributed by atoms with Crippen LogP contribution in [0.3, 0.4) is 0 Å². The molecule has 0 saturated carbocycles. The third kappa shape index (κ3) is 3.76. The smallest absolute Gasteiger partial charge is 0.446 e. The molecule has 0 aromatic carbocycles. The quantitative estimate of drug-likeness (QED) is 0.504. The van der Waals surface area contributed by atoms with E-state index in [-0.39, 0.29) is 6.54 Å². The number of fused-ring (bicyclic) bond motifs is 1. The molecular formula is C16H23N4O5+. The van der Waals surface area contributed by atoms with E-state index in [1.165, 1.54) is 18.7 Å². The SMILES string of the molecule is CCOC1=C(C)C=NC2=[N+](C)C(=O)N(CC(=O)NCCOC)C(=O)C12. The van der Waals surface area contributed by atoms with Gasteiger partial charge in [0.1, 0.15) is 12.0 Å². The number of ether oxygens (including phenoxy) is 2. The van der Waals surface area contributed by atoms with E-state index in [0.717, 1.165) is 10.5 Å². The summed E-state index contributed by atoms with van der Waals surface area (Å²) in [7, 11) is 3.04. The lowest BCUT2D eigenvalue weighted by Crippen LogP contribution is -2.57. The number of rotatable bonds is 7. The summed E-state index contributed by atoms with van der Waals surface area (Å²) in [5, 5.41) is 2.60. The Kier molecular flexibility index (Phi) is 6.02. The van der Waals surface area contributed by atoms with Crippen LogP contribution in [0, 0.1) is 5.92 Å². The van der Waals surface area contributed by atoms with Gasteiger partial charge in [-0.1, -0.05) is 0 Å². The number of amides is 4. The first-order chi connectivity index (χ1) is 11.9. The number of imide groups is 1. The number of nitrogens with zero attached hydrogens (tertiary/aromatic N) is 3. The van der Waals surface area contributed by atoms with Crippen molar-refractivity contribution >= 4 is 29.9 Å². The van der Waals surface area contributed by atoms with E-state index in [1.54, 1.807) is 13.1 Å². The number of nitrogens with one attached hydrogen (secondary N) is 1. The van der Waals surface area contributed by atoms with Gasteiger partial charge in [-0.25, -0.2) is 4.79 Å². The molecule has 9 heteroatoms. The lowest BCUT2D eigenvalue weighted by molar-refractivity contribution is -0.408. The Morgan fingerprint density at radius 3 is 2.80 bits per heavy atom. The average Bonchev–Trinajstić information content (AvgIpc) is 2.59. The molecule has 1 atom stereocenters. The molecule has 0 aromatic heterocycles. The minimum Gasteiger partial charge on any atom is -0.496 e. The Labute approximate surface area is 146 Å². The second-order valence-corrected chi connectivity index (χ2v) is 5.64. The van der Waals surface area contributed by atoms with Crippen molar-refractivity contribution in [3.05, 3.63) is 11.3 Å².